The minimum Gasteiger partial charge on any atom is -0.504 e. The lowest BCUT2D eigenvalue weighted by molar-refractivity contribution is -0.152. The number of nitrogens with one attached hydrogen (secondary N) is 2. The Balaban J connectivity index is 1.64. The summed E-state index contributed by atoms with van der Waals surface area (Å²) < 4.78 is 12.3. The number of carbonyl (C=O) groups is 1. The van der Waals surface area contributed by atoms with Gasteiger partial charge in [0.15, 0.2) is 17.5 Å². The fraction of sp³-hybridized carbons (Fsp3) is 0.714. The van der Waals surface area contributed by atoms with Gasteiger partial charge < -0.3 is 46.3 Å². The maximum Gasteiger partial charge on any atom is 0.302 e. The predicted molar refractivity (Wildman–Crippen MR) is 174 cm³/mol. The fourth-order valence-corrected chi connectivity index (χ4v) is 8.15. The van der Waals surface area contributed by atoms with Crippen molar-refractivity contribution in [1.29, 1.82) is 0 Å². The van der Waals surface area contributed by atoms with Crippen molar-refractivity contribution in [2.75, 3.05) is 13.6 Å². The van der Waals surface area contributed by atoms with Gasteiger partial charge in [0.05, 0.1) is 24.2 Å². The zero-order valence-electron chi connectivity index (χ0n) is 27.2. The summed E-state index contributed by atoms with van der Waals surface area (Å²) in [6, 6.07) is 3.35. The van der Waals surface area contributed by atoms with Crippen LogP contribution in [0.3, 0.4) is 0 Å². The molecule has 1 spiro atoms. The van der Waals surface area contributed by atoms with E-state index in [-0.39, 0.29) is 54.8 Å². The minimum atomic E-state index is -0.859. The van der Waals surface area contributed by atoms with Crippen molar-refractivity contribution in [3.05, 3.63) is 23.3 Å². The molecule has 4 aliphatic rings. The first-order valence-electron chi connectivity index (χ1n) is 17.0. The number of piperidine rings is 1. The van der Waals surface area contributed by atoms with Crippen LogP contribution < -0.4 is 21.1 Å². The zero-order chi connectivity index (χ0) is 32.8. The van der Waals surface area contributed by atoms with Gasteiger partial charge in [-0.1, -0.05) is 18.3 Å². The molecule has 5 rings (SSSR count). The molecule has 2 aliphatic carbocycles. The van der Waals surface area contributed by atoms with E-state index in [4.69, 9.17) is 15.2 Å². The number of carbonyl (C=O) groups excluding carboxylic acids is 1. The Morgan fingerprint density at radius 3 is 2.74 bits per heavy atom. The molecule has 2 aliphatic heterocycles. The van der Waals surface area contributed by atoms with E-state index in [1.54, 1.807) is 19.2 Å². The standard InChI is InChI=1S/C35H52N4O7/c1-21(41)45-30-19-26(42)10-13-35(32(39-34(36)37-2)7-4-8-33(35)44)12-9-22-5-3-6-25-18-27(11-14-38-25)46-31-17-23(15-28(22)30)24(20-40)16-29(31)43/h16-17,22,25-28,30,32-33,38,40,42-44H,3-8,10-11,13-15,18-20H2,1-2H3,(H3,36,37,39). The van der Waals surface area contributed by atoms with Gasteiger partial charge in [0, 0.05) is 44.3 Å². The Bertz CT molecular complexity index is 1310. The molecule has 0 aromatic heterocycles. The lowest BCUT2D eigenvalue weighted by atomic mass is 9.64. The molecule has 4 bridgehead atoms. The summed E-state index contributed by atoms with van der Waals surface area (Å²) in [5, 5.41) is 51.2. The highest BCUT2D eigenvalue weighted by Crippen LogP contribution is 2.43. The van der Waals surface area contributed by atoms with Crippen molar-refractivity contribution in [1.82, 2.24) is 10.6 Å². The highest BCUT2D eigenvalue weighted by Gasteiger charge is 2.47. The Labute approximate surface area is 272 Å². The summed E-state index contributed by atoms with van der Waals surface area (Å²) in [5.41, 5.74) is 6.62. The molecule has 2 fully saturated rings. The number of hydrogen-bond acceptors (Lipinski definition) is 9. The van der Waals surface area contributed by atoms with Gasteiger partial charge in [0.25, 0.3) is 0 Å². The van der Waals surface area contributed by atoms with Gasteiger partial charge in [0.2, 0.25) is 0 Å². The van der Waals surface area contributed by atoms with Gasteiger partial charge in [-0.2, -0.15) is 0 Å². The van der Waals surface area contributed by atoms with Crippen LogP contribution in [0.25, 0.3) is 0 Å². The molecular formula is C35H52N4O7. The molecule has 1 saturated heterocycles. The van der Waals surface area contributed by atoms with Gasteiger partial charge >= 0.3 is 5.97 Å². The number of phenolic OH excluding ortho intramolecular Hbond substituents is 1. The number of hydrogen-bond donors (Lipinski definition) is 7. The second-order valence-electron chi connectivity index (χ2n) is 13.7. The van der Waals surface area contributed by atoms with Crippen molar-refractivity contribution in [3.63, 3.8) is 0 Å². The average Bonchev–Trinajstić information content (AvgIpc) is 3.03. The first-order valence-corrected chi connectivity index (χ1v) is 17.0. The number of benzene rings is 1. The summed E-state index contributed by atoms with van der Waals surface area (Å²) in [7, 11) is 1.62. The maximum absolute atomic E-state index is 12.5. The molecule has 2 heterocycles. The van der Waals surface area contributed by atoms with Crippen LogP contribution in [-0.2, 0) is 22.6 Å². The molecule has 11 nitrogen and oxygen atoms in total. The van der Waals surface area contributed by atoms with Gasteiger partial charge in [-0.05, 0) is 94.0 Å². The third kappa shape index (κ3) is 7.91. The first-order chi connectivity index (χ1) is 22.1. The molecule has 9 atom stereocenters. The number of esters is 1. The van der Waals surface area contributed by atoms with Crippen molar-refractivity contribution in [3.8, 4) is 23.3 Å². The predicted octanol–water partition coefficient (Wildman–Crippen LogP) is 2.26. The lowest BCUT2D eigenvalue weighted by Gasteiger charge is -2.46. The zero-order valence-corrected chi connectivity index (χ0v) is 27.2. The van der Waals surface area contributed by atoms with Crippen LogP contribution in [-0.4, -0.2) is 82.4 Å². The largest absolute Gasteiger partial charge is 0.504 e. The molecule has 1 saturated carbocycles. The number of rotatable bonds is 3. The average molecular weight is 641 g/mol. The number of nitrogens with two attached hydrogens (primary N) is 1. The first kappa shape index (κ1) is 34.3. The third-order valence-corrected chi connectivity index (χ3v) is 10.7. The van der Waals surface area contributed by atoms with E-state index >= 15 is 0 Å². The van der Waals surface area contributed by atoms with Crippen LogP contribution >= 0.6 is 0 Å². The highest BCUT2D eigenvalue weighted by molar-refractivity contribution is 5.78. The summed E-state index contributed by atoms with van der Waals surface area (Å²) in [6.07, 6.45) is 5.46. The monoisotopic (exact) mass is 640 g/mol. The van der Waals surface area contributed by atoms with Crippen molar-refractivity contribution in [2.24, 2.45) is 28.0 Å². The van der Waals surface area contributed by atoms with Crippen LogP contribution in [0, 0.1) is 29.1 Å². The molecule has 8 N–H and O–H groups in total. The number of guanidine groups is 1. The molecule has 0 radical (unpaired) electrons. The summed E-state index contributed by atoms with van der Waals surface area (Å²) in [4.78, 5) is 16.6. The second kappa shape index (κ2) is 15.2. The van der Waals surface area contributed by atoms with Gasteiger partial charge in [-0.3, -0.25) is 9.79 Å². The second-order valence-corrected chi connectivity index (χ2v) is 13.7. The number of fused-ring (bicyclic) bond motifs is 5. The Kier molecular flexibility index (Phi) is 11.4. The van der Waals surface area contributed by atoms with Gasteiger partial charge in [0.1, 0.15) is 12.2 Å². The molecule has 46 heavy (non-hydrogen) atoms. The topological polar surface area (TPSA) is 179 Å². The summed E-state index contributed by atoms with van der Waals surface area (Å²) in [6.45, 7) is 1.91. The number of aliphatic hydroxyl groups excluding tert-OH is 3. The van der Waals surface area contributed by atoms with Gasteiger partial charge in [-0.15, -0.1) is 0 Å². The SMILES string of the molecule is CN=C(N)NC1CCCC(O)C12C#CC1CCCC3CC(CCN3)Oc3cc(c(CO)cc3O)CC1C(OC(C)=O)CC(O)CC2. The van der Waals surface area contributed by atoms with E-state index < -0.39 is 29.7 Å². The smallest absolute Gasteiger partial charge is 0.302 e. The van der Waals surface area contributed by atoms with E-state index in [2.05, 4.69) is 27.5 Å². The van der Waals surface area contributed by atoms with Crippen molar-refractivity contribution < 1.29 is 34.7 Å². The van der Waals surface area contributed by atoms with Crippen molar-refractivity contribution in [2.45, 2.75) is 127 Å². The number of aliphatic imine (C=N–C) groups is 1. The third-order valence-electron chi connectivity index (χ3n) is 10.7. The molecule has 254 valence electrons. The van der Waals surface area contributed by atoms with E-state index in [9.17, 15) is 25.2 Å². The Morgan fingerprint density at radius 1 is 1.17 bits per heavy atom. The number of aromatic hydroxyl groups is 1. The Hall–Kier alpha value is -3.04. The Morgan fingerprint density at radius 2 is 1.98 bits per heavy atom. The maximum atomic E-state index is 12.5. The lowest BCUT2D eigenvalue weighted by Crippen LogP contribution is -2.57. The number of ether oxygens (including phenoxy) is 2. The van der Waals surface area contributed by atoms with E-state index in [1.165, 1.54) is 6.92 Å². The quantitative estimate of drug-likeness (QED) is 0.112. The summed E-state index contributed by atoms with van der Waals surface area (Å²) >= 11 is 0. The van der Waals surface area contributed by atoms with E-state index in [0.29, 0.717) is 37.0 Å². The van der Waals surface area contributed by atoms with Crippen LogP contribution in [0.4, 0.5) is 0 Å². The molecule has 9 unspecified atom stereocenters. The molecule has 1 aromatic rings. The van der Waals surface area contributed by atoms with Crippen LogP contribution in [0.5, 0.6) is 11.5 Å². The molecule has 1 aromatic carbocycles. The fourth-order valence-electron chi connectivity index (χ4n) is 8.15. The van der Waals surface area contributed by atoms with Crippen LogP contribution in [0.1, 0.15) is 88.7 Å². The number of aliphatic hydroxyl groups is 3. The summed E-state index contributed by atoms with van der Waals surface area (Å²) in [5.74, 6) is 6.82. The number of nitrogens with zero attached hydrogens (tertiary/aromatic N) is 1. The molecule has 11 heteroatoms. The minimum absolute atomic E-state index is 0.0198. The van der Waals surface area contributed by atoms with Gasteiger partial charge in [-0.25, -0.2) is 0 Å². The van der Waals surface area contributed by atoms with Crippen molar-refractivity contribution >= 4 is 11.9 Å². The van der Waals surface area contributed by atoms with E-state index in [1.807, 2.05) is 0 Å². The van der Waals surface area contributed by atoms with Crippen LogP contribution in [0.15, 0.2) is 17.1 Å². The molecule has 0 amide bonds. The highest BCUT2D eigenvalue weighted by atomic mass is 16.5. The normalized spacial score (nSPS) is 35.5. The van der Waals surface area contributed by atoms with Crippen LogP contribution in [0.2, 0.25) is 0 Å². The molecular weight excluding hydrogens is 588 g/mol. The van der Waals surface area contributed by atoms with E-state index in [0.717, 1.165) is 57.1 Å². The number of phenols is 1.